The highest BCUT2D eigenvalue weighted by atomic mass is 16.5. The summed E-state index contributed by atoms with van der Waals surface area (Å²) in [5, 5.41) is 2.72. The van der Waals surface area contributed by atoms with E-state index in [9.17, 15) is 4.79 Å². The monoisotopic (exact) mass is 266 g/mol. The summed E-state index contributed by atoms with van der Waals surface area (Å²) >= 11 is 0. The molecule has 19 heavy (non-hydrogen) atoms. The van der Waals surface area contributed by atoms with Gasteiger partial charge >= 0.3 is 0 Å². The molecule has 5 heteroatoms. The van der Waals surface area contributed by atoms with Crippen LogP contribution < -0.4 is 11.1 Å². The molecule has 0 radical (unpaired) electrons. The highest BCUT2D eigenvalue weighted by Crippen LogP contribution is 2.09. The minimum atomic E-state index is -0.182. The number of anilines is 2. The Morgan fingerprint density at radius 1 is 1.16 bits per heavy atom. The van der Waals surface area contributed by atoms with Gasteiger partial charge in [0.1, 0.15) is 6.61 Å². The summed E-state index contributed by atoms with van der Waals surface area (Å²) in [6.45, 7) is 3.84. The van der Waals surface area contributed by atoms with Crippen LogP contribution >= 0.6 is 0 Å². The highest BCUT2D eigenvalue weighted by Gasteiger charge is 2.02. The molecule has 0 saturated carbocycles. The molecule has 0 bridgehead atoms. The van der Waals surface area contributed by atoms with E-state index < -0.39 is 0 Å². The maximum atomic E-state index is 11.5. The van der Waals surface area contributed by atoms with E-state index in [-0.39, 0.29) is 12.5 Å². The smallest absolute Gasteiger partial charge is 0.250 e. The van der Waals surface area contributed by atoms with Gasteiger partial charge < -0.3 is 20.5 Å². The molecule has 1 aromatic carbocycles. The number of amides is 1. The summed E-state index contributed by atoms with van der Waals surface area (Å²) in [7, 11) is 0. The first kappa shape index (κ1) is 15.5. The van der Waals surface area contributed by atoms with Crippen molar-refractivity contribution in [3.05, 3.63) is 24.3 Å². The molecule has 5 nitrogen and oxygen atoms in total. The fourth-order valence-corrected chi connectivity index (χ4v) is 1.39. The number of hydrogen-bond donors (Lipinski definition) is 2. The summed E-state index contributed by atoms with van der Waals surface area (Å²) in [6, 6.07) is 6.97. The van der Waals surface area contributed by atoms with E-state index in [2.05, 4.69) is 12.2 Å². The van der Waals surface area contributed by atoms with Crippen LogP contribution in [-0.4, -0.2) is 32.3 Å². The lowest BCUT2D eigenvalue weighted by Gasteiger charge is -2.07. The van der Waals surface area contributed by atoms with Gasteiger partial charge in [0, 0.05) is 18.0 Å². The Morgan fingerprint density at radius 3 is 2.53 bits per heavy atom. The van der Waals surface area contributed by atoms with Gasteiger partial charge in [0.15, 0.2) is 0 Å². The lowest BCUT2D eigenvalue weighted by Crippen LogP contribution is -2.19. The molecule has 0 saturated heterocycles. The molecule has 3 N–H and O–H groups in total. The molecular formula is C14H22N2O3. The summed E-state index contributed by atoms with van der Waals surface area (Å²) in [4.78, 5) is 11.5. The summed E-state index contributed by atoms with van der Waals surface area (Å²) < 4.78 is 10.5. The Kier molecular flexibility index (Phi) is 7.62. The molecule has 0 fully saturated rings. The molecule has 0 aliphatic heterocycles. The molecule has 106 valence electrons. The van der Waals surface area contributed by atoms with Crippen molar-refractivity contribution in [3.8, 4) is 0 Å². The third-order valence-corrected chi connectivity index (χ3v) is 2.44. The average Bonchev–Trinajstić information content (AvgIpc) is 2.40. The van der Waals surface area contributed by atoms with Crippen molar-refractivity contribution in [2.24, 2.45) is 0 Å². The van der Waals surface area contributed by atoms with Crippen LogP contribution in [0.4, 0.5) is 11.4 Å². The molecule has 1 aromatic rings. The first-order chi connectivity index (χ1) is 9.22. The molecule has 1 amide bonds. The number of nitrogen functional groups attached to an aromatic ring is 1. The molecule has 1 rings (SSSR count). The van der Waals surface area contributed by atoms with Crippen LogP contribution in [0.15, 0.2) is 24.3 Å². The maximum absolute atomic E-state index is 11.5. The Morgan fingerprint density at radius 2 is 1.84 bits per heavy atom. The van der Waals surface area contributed by atoms with E-state index in [0.29, 0.717) is 24.6 Å². The van der Waals surface area contributed by atoms with Crippen molar-refractivity contribution in [2.75, 3.05) is 37.5 Å². The van der Waals surface area contributed by atoms with Crippen molar-refractivity contribution >= 4 is 17.3 Å². The second kappa shape index (κ2) is 9.35. The topological polar surface area (TPSA) is 73.6 Å². The van der Waals surface area contributed by atoms with Gasteiger partial charge in [-0.25, -0.2) is 0 Å². The van der Waals surface area contributed by atoms with Crippen LogP contribution in [0, 0.1) is 0 Å². The predicted molar refractivity (Wildman–Crippen MR) is 76.0 cm³/mol. The third kappa shape index (κ3) is 7.43. The molecule has 0 aliphatic carbocycles. The van der Waals surface area contributed by atoms with Gasteiger partial charge in [-0.1, -0.05) is 13.3 Å². The summed E-state index contributed by atoms with van der Waals surface area (Å²) in [6.07, 6.45) is 2.17. The SMILES string of the molecule is CCCCOCCOCC(=O)Nc1ccc(N)cc1. The summed E-state index contributed by atoms with van der Waals surface area (Å²) in [5.74, 6) is -0.182. The third-order valence-electron chi connectivity index (χ3n) is 2.44. The summed E-state index contributed by atoms with van der Waals surface area (Å²) in [5.41, 5.74) is 6.93. The van der Waals surface area contributed by atoms with E-state index in [1.165, 1.54) is 0 Å². The molecule has 0 aliphatic rings. The zero-order chi connectivity index (χ0) is 13.9. The van der Waals surface area contributed by atoms with Gasteiger partial charge in [0.2, 0.25) is 5.91 Å². The number of hydrogen-bond acceptors (Lipinski definition) is 4. The van der Waals surface area contributed by atoms with Crippen LogP contribution in [0.5, 0.6) is 0 Å². The fraction of sp³-hybridized carbons (Fsp3) is 0.500. The van der Waals surface area contributed by atoms with E-state index in [1.807, 2.05) is 0 Å². The van der Waals surface area contributed by atoms with Gasteiger partial charge in [-0.05, 0) is 30.7 Å². The molecule has 0 aromatic heterocycles. The van der Waals surface area contributed by atoms with Crippen LogP contribution in [0.1, 0.15) is 19.8 Å². The fourth-order valence-electron chi connectivity index (χ4n) is 1.39. The zero-order valence-corrected chi connectivity index (χ0v) is 11.4. The van der Waals surface area contributed by atoms with E-state index in [0.717, 1.165) is 19.4 Å². The molecular weight excluding hydrogens is 244 g/mol. The maximum Gasteiger partial charge on any atom is 0.250 e. The number of carbonyl (C=O) groups is 1. The largest absolute Gasteiger partial charge is 0.399 e. The minimum Gasteiger partial charge on any atom is -0.399 e. The number of carbonyl (C=O) groups excluding carboxylic acids is 1. The van der Waals surface area contributed by atoms with E-state index in [1.54, 1.807) is 24.3 Å². The number of rotatable bonds is 9. The highest BCUT2D eigenvalue weighted by molar-refractivity contribution is 5.91. The second-order valence-corrected chi connectivity index (χ2v) is 4.19. The number of benzene rings is 1. The Balaban J connectivity index is 2.06. The van der Waals surface area contributed by atoms with Gasteiger partial charge in [-0.2, -0.15) is 0 Å². The van der Waals surface area contributed by atoms with Crippen LogP contribution in [0.2, 0.25) is 0 Å². The molecule has 0 atom stereocenters. The van der Waals surface area contributed by atoms with Crippen molar-refractivity contribution in [1.82, 2.24) is 0 Å². The van der Waals surface area contributed by atoms with Crippen molar-refractivity contribution in [1.29, 1.82) is 0 Å². The second-order valence-electron chi connectivity index (χ2n) is 4.19. The van der Waals surface area contributed by atoms with Crippen molar-refractivity contribution in [3.63, 3.8) is 0 Å². The lowest BCUT2D eigenvalue weighted by molar-refractivity contribution is -0.121. The Bertz CT molecular complexity index is 365. The number of ether oxygens (including phenoxy) is 2. The molecule has 0 heterocycles. The van der Waals surface area contributed by atoms with E-state index >= 15 is 0 Å². The number of unbranched alkanes of at least 4 members (excludes halogenated alkanes) is 1. The predicted octanol–water partition coefficient (Wildman–Crippen LogP) is 2.04. The number of nitrogens with one attached hydrogen (secondary N) is 1. The van der Waals surface area contributed by atoms with Crippen LogP contribution in [0.25, 0.3) is 0 Å². The first-order valence-electron chi connectivity index (χ1n) is 6.53. The van der Waals surface area contributed by atoms with Crippen LogP contribution in [-0.2, 0) is 14.3 Å². The first-order valence-corrected chi connectivity index (χ1v) is 6.53. The van der Waals surface area contributed by atoms with Gasteiger partial charge in [-0.3, -0.25) is 4.79 Å². The van der Waals surface area contributed by atoms with Gasteiger partial charge in [-0.15, -0.1) is 0 Å². The minimum absolute atomic E-state index is 0.0293. The van der Waals surface area contributed by atoms with Crippen LogP contribution in [0.3, 0.4) is 0 Å². The lowest BCUT2D eigenvalue weighted by atomic mass is 10.3. The molecule has 0 spiro atoms. The van der Waals surface area contributed by atoms with Gasteiger partial charge in [0.05, 0.1) is 13.2 Å². The Hall–Kier alpha value is -1.59. The quantitative estimate of drug-likeness (QED) is 0.530. The standard InChI is InChI=1S/C14H22N2O3/c1-2-3-8-18-9-10-19-11-14(17)16-13-6-4-12(15)5-7-13/h4-7H,2-3,8-11,15H2,1H3,(H,16,17). The normalized spacial score (nSPS) is 10.4. The van der Waals surface area contributed by atoms with Crippen molar-refractivity contribution < 1.29 is 14.3 Å². The zero-order valence-electron chi connectivity index (χ0n) is 11.4. The average molecular weight is 266 g/mol. The van der Waals surface area contributed by atoms with Gasteiger partial charge in [0.25, 0.3) is 0 Å². The molecule has 0 unspecified atom stereocenters. The number of nitrogens with two attached hydrogens (primary N) is 1. The van der Waals surface area contributed by atoms with E-state index in [4.69, 9.17) is 15.2 Å². The Labute approximate surface area is 114 Å². The van der Waals surface area contributed by atoms with Crippen molar-refractivity contribution in [2.45, 2.75) is 19.8 Å².